The minimum absolute atomic E-state index is 0.318. The predicted octanol–water partition coefficient (Wildman–Crippen LogP) is 3.22. The highest BCUT2D eigenvalue weighted by Gasteiger charge is 2.11. The number of sulfone groups is 1. The molecule has 0 fully saturated rings. The molecule has 1 aromatic carbocycles. The molecule has 1 aliphatic heterocycles. The molecule has 176 valence electrons. The predicted molar refractivity (Wildman–Crippen MR) is 129 cm³/mol. The van der Waals surface area contributed by atoms with E-state index in [4.69, 9.17) is 0 Å². The number of benzene rings is 1. The molecule has 0 bridgehead atoms. The molecule has 0 saturated heterocycles. The first-order valence-electron chi connectivity index (χ1n) is 10.7. The monoisotopic (exact) mass is 470 g/mol. The highest BCUT2D eigenvalue weighted by atomic mass is 32.2. The summed E-state index contributed by atoms with van der Waals surface area (Å²) in [5.41, 5.74) is 3.70. The molecular weight excluding hydrogens is 440 g/mol. The summed E-state index contributed by atoms with van der Waals surface area (Å²) >= 11 is 0. The van der Waals surface area contributed by atoms with Gasteiger partial charge in [0.1, 0.15) is 5.60 Å². The zero-order valence-electron chi connectivity index (χ0n) is 19.4. The fourth-order valence-corrected chi connectivity index (χ4v) is 3.98. The first-order chi connectivity index (χ1) is 15.6. The first-order valence-corrected chi connectivity index (χ1v) is 12.6. The Morgan fingerprint density at radius 1 is 1.18 bits per heavy atom. The van der Waals surface area contributed by atoms with Gasteiger partial charge in [0, 0.05) is 29.9 Å². The van der Waals surface area contributed by atoms with Crippen LogP contribution in [-0.4, -0.2) is 54.4 Å². The zero-order chi connectivity index (χ0) is 24.1. The lowest BCUT2D eigenvalue weighted by Gasteiger charge is -2.14. The molecule has 9 heteroatoms. The molecule has 1 aliphatic rings. The molecule has 1 N–H and O–H groups in total. The van der Waals surface area contributed by atoms with Gasteiger partial charge in [-0.15, -0.1) is 0 Å². The quantitative estimate of drug-likeness (QED) is 0.571. The van der Waals surface area contributed by atoms with E-state index < -0.39 is 9.84 Å². The van der Waals surface area contributed by atoms with Gasteiger partial charge in [0.2, 0.25) is 0 Å². The third kappa shape index (κ3) is 6.97. The molecule has 8 nitrogen and oxygen atoms in total. The van der Waals surface area contributed by atoms with Crippen molar-refractivity contribution in [2.75, 3.05) is 19.3 Å². The van der Waals surface area contributed by atoms with E-state index in [0.717, 1.165) is 41.8 Å². The Hall–Kier alpha value is -3.04. The summed E-state index contributed by atoms with van der Waals surface area (Å²) in [4.78, 5) is 19.0. The van der Waals surface area contributed by atoms with E-state index in [1.54, 1.807) is 12.1 Å². The Kier molecular flexibility index (Phi) is 7.65. The van der Waals surface area contributed by atoms with Crippen LogP contribution in [0.5, 0.6) is 0 Å². The van der Waals surface area contributed by atoms with Gasteiger partial charge in [0.15, 0.2) is 9.84 Å². The standard InChI is InChI=1S/C19H20N4O2S.C5H10O2/c1-26(24,25)17-2-3-19-15(10-17)6-9-23(19)13-16-11-22-18(12-21-16)14-4-7-20-8-5-14;1-5(2,3)7-4-6/h2-4,6,9-12,20H,5,7-8,13H2,1H3;4H,1-3H3. The van der Waals surface area contributed by atoms with Crippen molar-refractivity contribution in [3.63, 3.8) is 0 Å². The Balaban J connectivity index is 0.000000383. The molecule has 0 radical (unpaired) electrons. The minimum Gasteiger partial charge on any atom is -0.462 e. The van der Waals surface area contributed by atoms with Gasteiger partial charge in [0.25, 0.3) is 6.47 Å². The van der Waals surface area contributed by atoms with Crippen LogP contribution in [0.15, 0.2) is 53.8 Å². The van der Waals surface area contributed by atoms with Crippen molar-refractivity contribution in [3.8, 4) is 0 Å². The van der Waals surface area contributed by atoms with Crippen molar-refractivity contribution in [1.29, 1.82) is 0 Å². The number of carbonyl (C=O) groups excluding carboxylic acids is 1. The highest BCUT2D eigenvalue weighted by Crippen LogP contribution is 2.22. The second-order valence-electron chi connectivity index (χ2n) is 8.84. The third-order valence-corrected chi connectivity index (χ3v) is 6.11. The molecule has 3 aromatic rings. The number of rotatable bonds is 5. The van der Waals surface area contributed by atoms with Crippen LogP contribution >= 0.6 is 0 Å². The minimum atomic E-state index is -3.20. The van der Waals surface area contributed by atoms with Crippen LogP contribution in [0.2, 0.25) is 0 Å². The number of nitrogens with zero attached hydrogens (tertiary/aromatic N) is 3. The molecule has 3 heterocycles. The summed E-state index contributed by atoms with van der Waals surface area (Å²) in [5.74, 6) is 0. The van der Waals surface area contributed by atoms with Crippen molar-refractivity contribution in [1.82, 2.24) is 19.9 Å². The molecule has 0 atom stereocenters. The maximum Gasteiger partial charge on any atom is 0.293 e. The molecule has 0 unspecified atom stereocenters. The number of carbonyl (C=O) groups is 1. The number of hydrogen-bond acceptors (Lipinski definition) is 7. The van der Waals surface area contributed by atoms with Gasteiger partial charge in [-0.25, -0.2) is 8.42 Å². The average Bonchev–Trinajstić information content (AvgIpc) is 3.16. The topological polar surface area (TPSA) is 103 Å². The first kappa shape index (κ1) is 24.6. The van der Waals surface area contributed by atoms with Crippen LogP contribution in [0, 0.1) is 0 Å². The Labute approximate surface area is 194 Å². The van der Waals surface area contributed by atoms with Gasteiger partial charge in [-0.05, 0) is 63.6 Å². The Bertz CT molecular complexity index is 1240. The molecule has 0 aliphatic carbocycles. The fraction of sp³-hybridized carbons (Fsp3) is 0.375. The summed E-state index contributed by atoms with van der Waals surface area (Å²) in [6.07, 6.45) is 9.95. The third-order valence-electron chi connectivity index (χ3n) is 5.00. The van der Waals surface area contributed by atoms with Crippen molar-refractivity contribution in [2.24, 2.45) is 0 Å². The lowest BCUT2D eigenvalue weighted by molar-refractivity contribution is -0.138. The maximum atomic E-state index is 11.7. The molecule has 0 amide bonds. The van der Waals surface area contributed by atoms with Gasteiger partial charge in [-0.2, -0.15) is 0 Å². The van der Waals surface area contributed by atoms with Crippen molar-refractivity contribution < 1.29 is 17.9 Å². The van der Waals surface area contributed by atoms with Crippen LogP contribution < -0.4 is 5.32 Å². The van der Waals surface area contributed by atoms with Crippen molar-refractivity contribution in [2.45, 2.75) is 44.2 Å². The SMILES string of the molecule is CC(C)(C)OC=O.CS(=O)(=O)c1ccc2c(ccn2Cc2cnc(C3=CCNCC3)cn2)c1. The van der Waals surface area contributed by atoms with E-state index in [1.807, 2.05) is 51.5 Å². The Morgan fingerprint density at radius 2 is 1.97 bits per heavy atom. The second-order valence-corrected chi connectivity index (χ2v) is 10.9. The van der Waals surface area contributed by atoms with E-state index in [0.29, 0.717) is 17.9 Å². The van der Waals surface area contributed by atoms with Gasteiger partial charge in [0.05, 0.1) is 35.2 Å². The largest absolute Gasteiger partial charge is 0.462 e. The molecule has 2 aromatic heterocycles. The van der Waals surface area contributed by atoms with Gasteiger partial charge in [-0.3, -0.25) is 14.8 Å². The number of nitrogens with one attached hydrogen (secondary N) is 1. The van der Waals surface area contributed by atoms with E-state index in [9.17, 15) is 13.2 Å². The van der Waals surface area contributed by atoms with Crippen LogP contribution in [0.3, 0.4) is 0 Å². The van der Waals surface area contributed by atoms with Crippen LogP contribution in [0.25, 0.3) is 16.5 Å². The lowest BCUT2D eigenvalue weighted by Crippen LogP contribution is -2.20. The number of ether oxygens (including phenoxy) is 1. The summed E-state index contributed by atoms with van der Waals surface area (Å²) < 4.78 is 30.0. The summed E-state index contributed by atoms with van der Waals surface area (Å²) in [7, 11) is -3.20. The van der Waals surface area contributed by atoms with E-state index in [-0.39, 0.29) is 5.60 Å². The Morgan fingerprint density at radius 3 is 2.52 bits per heavy atom. The van der Waals surface area contributed by atoms with E-state index in [1.165, 1.54) is 11.8 Å². The average molecular weight is 471 g/mol. The normalized spacial score (nSPS) is 14.2. The number of hydrogen-bond donors (Lipinski definition) is 1. The molecule has 33 heavy (non-hydrogen) atoms. The number of aromatic nitrogens is 3. The number of fused-ring (bicyclic) bond motifs is 1. The second kappa shape index (κ2) is 10.3. The van der Waals surface area contributed by atoms with Crippen LogP contribution in [0.4, 0.5) is 0 Å². The van der Waals surface area contributed by atoms with Crippen molar-refractivity contribution in [3.05, 3.63) is 60.3 Å². The highest BCUT2D eigenvalue weighted by molar-refractivity contribution is 7.90. The molecule has 4 rings (SSSR count). The molecule has 0 spiro atoms. The summed E-state index contributed by atoms with van der Waals surface area (Å²) in [6, 6.07) is 7.12. The zero-order valence-corrected chi connectivity index (χ0v) is 20.2. The molecule has 0 saturated carbocycles. The van der Waals surface area contributed by atoms with Crippen LogP contribution in [-0.2, 0) is 25.9 Å². The molecular formula is C24H30N4O4S. The van der Waals surface area contributed by atoms with Crippen LogP contribution in [0.1, 0.15) is 38.6 Å². The fourth-order valence-electron chi connectivity index (χ4n) is 3.32. The van der Waals surface area contributed by atoms with E-state index >= 15 is 0 Å². The summed E-state index contributed by atoms with van der Waals surface area (Å²) in [6.45, 7) is 8.36. The van der Waals surface area contributed by atoms with Crippen molar-refractivity contribution >= 4 is 32.8 Å². The maximum absolute atomic E-state index is 11.7. The van der Waals surface area contributed by atoms with Gasteiger partial charge >= 0.3 is 0 Å². The smallest absolute Gasteiger partial charge is 0.293 e. The summed E-state index contributed by atoms with van der Waals surface area (Å²) in [5, 5.41) is 4.19. The lowest BCUT2D eigenvalue weighted by atomic mass is 10.1. The van der Waals surface area contributed by atoms with E-state index in [2.05, 4.69) is 30.7 Å². The van der Waals surface area contributed by atoms with Gasteiger partial charge in [-0.1, -0.05) is 6.08 Å². The van der Waals surface area contributed by atoms with Gasteiger partial charge < -0.3 is 14.6 Å².